The van der Waals surface area contributed by atoms with Gasteiger partial charge in [-0.1, -0.05) is 60.7 Å². The molecule has 6 nitrogen and oxygen atoms in total. The second-order valence-corrected chi connectivity index (χ2v) is 10.0. The van der Waals surface area contributed by atoms with Crippen molar-refractivity contribution in [1.29, 1.82) is 0 Å². The zero-order valence-electron chi connectivity index (χ0n) is 19.6. The molecule has 1 fully saturated rings. The summed E-state index contributed by atoms with van der Waals surface area (Å²) in [6, 6.07) is 26.3. The van der Waals surface area contributed by atoms with Crippen molar-refractivity contribution in [2.75, 3.05) is 6.61 Å². The highest BCUT2D eigenvalue weighted by molar-refractivity contribution is 8.00. The van der Waals surface area contributed by atoms with Crippen LogP contribution in [0.25, 0.3) is 21.5 Å². The summed E-state index contributed by atoms with van der Waals surface area (Å²) < 4.78 is 16.8. The van der Waals surface area contributed by atoms with E-state index in [1.807, 2.05) is 60.7 Å². The maximum absolute atomic E-state index is 13.0. The molecule has 0 radical (unpaired) electrons. The van der Waals surface area contributed by atoms with Crippen LogP contribution in [0, 0.1) is 0 Å². The van der Waals surface area contributed by atoms with Gasteiger partial charge in [-0.15, -0.1) is 11.8 Å². The molecule has 0 amide bonds. The number of fused-ring (bicyclic) bond motifs is 2. The predicted octanol–water partition coefficient (Wildman–Crippen LogP) is 5.77. The SMILES string of the molecule is CC(=O)OC1C[C@@H](OC(=O)c2ccc3ccccc3c2)[C@H](COC(=O)c2ccc3ccccc3c2)S1. The summed E-state index contributed by atoms with van der Waals surface area (Å²) in [7, 11) is 0. The number of benzene rings is 4. The van der Waals surface area contributed by atoms with Crippen LogP contribution < -0.4 is 0 Å². The predicted molar refractivity (Wildman–Crippen MR) is 139 cm³/mol. The quantitative estimate of drug-likeness (QED) is 0.246. The molecule has 7 heteroatoms. The van der Waals surface area contributed by atoms with Crippen LogP contribution in [0.3, 0.4) is 0 Å². The van der Waals surface area contributed by atoms with Gasteiger partial charge in [-0.2, -0.15) is 0 Å². The Labute approximate surface area is 212 Å². The first-order valence-corrected chi connectivity index (χ1v) is 12.6. The van der Waals surface area contributed by atoms with E-state index in [0.717, 1.165) is 21.5 Å². The van der Waals surface area contributed by atoms with E-state index >= 15 is 0 Å². The summed E-state index contributed by atoms with van der Waals surface area (Å²) in [5.41, 5.74) is 0.390. The van der Waals surface area contributed by atoms with E-state index in [-0.39, 0.29) is 11.9 Å². The van der Waals surface area contributed by atoms with E-state index in [1.165, 1.54) is 18.7 Å². The van der Waals surface area contributed by atoms with E-state index in [9.17, 15) is 14.4 Å². The first-order chi connectivity index (χ1) is 17.5. The van der Waals surface area contributed by atoms with Gasteiger partial charge in [-0.25, -0.2) is 9.59 Å². The number of hydrogen-bond acceptors (Lipinski definition) is 7. The third-order valence-corrected chi connectivity index (χ3v) is 7.45. The Bertz CT molecular complexity index is 1450. The zero-order chi connectivity index (χ0) is 25.1. The third kappa shape index (κ3) is 5.36. The van der Waals surface area contributed by atoms with E-state index in [4.69, 9.17) is 14.2 Å². The van der Waals surface area contributed by atoms with Gasteiger partial charge in [-0.05, 0) is 45.8 Å². The molecular weight excluding hydrogens is 476 g/mol. The van der Waals surface area contributed by atoms with Crippen LogP contribution in [-0.2, 0) is 19.0 Å². The number of esters is 3. The number of carbonyl (C=O) groups excluding carboxylic acids is 3. The van der Waals surface area contributed by atoms with E-state index in [1.54, 1.807) is 24.3 Å². The molecule has 1 unspecified atom stereocenters. The molecule has 4 aromatic rings. The molecule has 1 aliphatic heterocycles. The van der Waals surface area contributed by atoms with Crippen LogP contribution in [0.4, 0.5) is 0 Å². The molecule has 0 saturated carbocycles. The van der Waals surface area contributed by atoms with Gasteiger partial charge in [-0.3, -0.25) is 4.79 Å². The molecule has 0 bridgehead atoms. The topological polar surface area (TPSA) is 78.9 Å². The molecule has 182 valence electrons. The van der Waals surface area contributed by atoms with Gasteiger partial charge < -0.3 is 14.2 Å². The van der Waals surface area contributed by atoms with Crippen molar-refractivity contribution in [3.63, 3.8) is 0 Å². The Morgan fingerprint density at radius 3 is 1.89 bits per heavy atom. The average Bonchev–Trinajstić information content (AvgIpc) is 3.26. The van der Waals surface area contributed by atoms with Crippen molar-refractivity contribution in [3.05, 3.63) is 96.1 Å². The number of thioether (sulfide) groups is 1. The molecule has 36 heavy (non-hydrogen) atoms. The zero-order valence-corrected chi connectivity index (χ0v) is 20.4. The van der Waals surface area contributed by atoms with Crippen molar-refractivity contribution in [2.24, 2.45) is 0 Å². The summed E-state index contributed by atoms with van der Waals surface area (Å²) in [5.74, 6) is -1.35. The van der Waals surface area contributed by atoms with E-state index < -0.39 is 29.4 Å². The second kappa shape index (κ2) is 10.4. The van der Waals surface area contributed by atoms with Crippen LogP contribution in [-0.4, -0.2) is 41.3 Å². The third-order valence-electron chi connectivity index (χ3n) is 6.07. The minimum atomic E-state index is -0.581. The van der Waals surface area contributed by atoms with E-state index in [0.29, 0.717) is 17.5 Å². The lowest BCUT2D eigenvalue weighted by Crippen LogP contribution is -2.29. The maximum atomic E-state index is 13.0. The Morgan fingerprint density at radius 2 is 1.31 bits per heavy atom. The van der Waals surface area contributed by atoms with Gasteiger partial charge in [0.25, 0.3) is 0 Å². The van der Waals surface area contributed by atoms with Gasteiger partial charge in [0.1, 0.15) is 12.7 Å². The standard InChI is InChI=1S/C29H24O6S/c1-18(30)34-27-16-25(35-29(32)24-13-11-20-7-3-5-9-22(20)15-24)26(36-27)17-33-28(31)23-12-10-19-6-2-4-8-21(19)14-23/h2-15,25-27H,16-17H2,1H3/t25-,26+,27?/m1/s1. The summed E-state index contributed by atoms with van der Waals surface area (Å²) in [6.45, 7) is 1.35. The second-order valence-electron chi connectivity index (χ2n) is 8.62. The lowest BCUT2D eigenvalue weighted by Gasteiger charge is -2.19. The van der Waals surface area contributed by atoms with Crippen molar-refractivity contribution < 1.29 is 28.6 Å². The fourth-order valence-electron chi connectivity index (χ4n) is 4.29. The lowest BCUT2D eigenvalue weighted by molar-refractivity contribution is -0.142. The first kappa shape index (κ1) is 23.9. The van der Waals surface area contributed by atoms with Crippen LogP contribution in [0.15, 0.2) is 84.9 Å². The molecular formula is C29H24O6S. The van der Waals surface area contributed by atoms with Gasteiger partial charge in [0.2, 0.25) is 0 Å². The highest BCUT2D eigenvalue weighted by Gasteiger charge is 2.40. The molecule has 3 atom stereocenters. The molecule has 4 aromatic carbocycles. The Morgan fingerprint density at radius 1 is 0.750 bits per heavy atom. The minimum absolute atomic E-state index is 0.0176. The van der Waals surface area contributed by atoms with Crippen molar-refractivity contribution >= 4 is 51.2 Å². The normalized spacial score (nSPS) is 19.2. The van der Waals surface area contributed by atoms with Gasteiger partial charge in [0, 0.05) is 13.3 Å². The Hall–Kier alpha value is -3.84. The van der Waals surface area contributed by atoms with Gasteiger partial charge in [0.05, 0.1) is 16.4 Å². The van der Waals surface area contributed by atoms with Crippen molar-refractivity contribution in [2.45, 2.75) is 30.1 Å². The first-order valence-electron chi connectivity index (χ1n) is 11.6. The fraction of sp³-hybridized carbons (Fsp3) is 0.207. The lowest BCUT2D eigenvalue weighted by atomic mass is 10.1. The number of ether oxygens (including phenoxy) is 3. The highest BCUT2D eigenvalue weighted by atomic mass is 32.2. The highest BCUT2D eigenvalue weighted by Crippen LogP contribution is 2.37. The maximum Gasteiger partial charge on any atom is 0.338 e. The molecule has 5 rings (SSSR count). The number of carbonyl (C=O) groups is 3. The molecule has 1 heterocycles. The van der Waals surface area contributed by atoms with Crippen LogP contribution >= 0.6 is 11.8 Å². The Balaban J connectivity index is 1.28. The minimum Gasteiger partial charge on any atom is -0.461 e. The molecule has 0 aliphatic carbocycles. The summed E-state index contributed by atoms with van der Waals surface area (Å²) >= 11 is 1.33. The molecule has 1 aliphatic rings. The number of hydrogen-bond donors (Lipinski definition) is 0. The largest absolute Gasteiger partial charge is 0.461 e. The Kier molecular flexibility index (Phi) is 6.91. The van der Waals surface area contributed by atoms with Crippen molar-refractivity contribution in [3.8, 4) is 0 Å². The summed E-state index contributed by atoms with van der Waals surface area (Å²) in [6.07, 6.45) is -0.260. The smallest absolute Gasteiger partial charge is 0.338 e. The van der Waals surface area contributed by atoms with E-state index in [2.05, 4.69) is 0 Å². The van der Waals surface area contributed by atoms with Crippen LogP contribution in [0.1, 0.15) is 34.1 Å². The average molecular weight is 501 g/mol. The van der Waals surface area contributed by atoms with Crippen molar-refractivity contribution in [1.82, 2.24) is 0 Å². The number of rotatable bonds is 6. The molecule has 0 N–H and O–H groups in total. The van der Waals surface area contributed by atoms with Gasteiger partial charge >= 0.3 is 17.9 Å². The fourth-order valence-corrected chi connectivity index (χ4v) is 5.66. The monoisotopic (exact) mass is 500 g/mol. The molecule has 0 aromatic heterocycles. The van der Waals surface area contributed by atoms with Crippen LogP contribution in [0.2, 0.25) is 0 Å². The van der Waals surface area contributed by atoms with Gasteiger partial charge in [0.15, 0.2) is 5.44 Å². The molecule has 1 saturated heterocycles. The van der Waals surface area contributed by atoms with Crippen LogP contribution in [0.5, 0.6) is 0 Å². The molecule has 0 spiro atoms. The summed E-state index contributed by atoms with van der Waals surface area (Å²) in [4.78, 5) is 37.2. The summed E-state index contributed by atoms with van der Waals surface area (Å²) in [5, 5.41) is 3.57.